The molecule has 462 valence electrons. The maximum Gasteiger partial charge on any atom is 0.245 e. The molecule has 0 unspecified atom stereocenters. The van der Waals surface area contributed by atoms with E-state index in [2.05, 4.69) is 58.5 Å². The molecule has 30 heteroatoms. The molecular formula is C52H89N15O15. The minimum atomic E-state index is -2.31. The monoisotopic (exact) mass is 1160 g/mol. The van der Waals surface area contributed by atoms with Crippen LogP contribution in [0.3, 0.4) is 0 Å². The van der Waals surface area contributed by atoms with E-state index in [-0.39, 0.29) is 71.0 Å². The number of rotatable bonds is 29. The third kappa shape index (κ3) is 24.4. The van der Waals surface area contributed by atoms with Crippen LogP contribution in [0.15, 0.2) is 30.3 Å². The lowest BCUT2D eigenvalue weighted by Gasteiger charge is -2.32. The molecular weight excluding hydrogens is 1070 g/mol. The van der Waals surface area contributed by atoms with Gasteiger partial charge in [-0.3, -0.25) is 47.9 Å². The summed E-state index contributed by atoms with van der Waals surface area (Å²) in [6.45, 7) is 0.348. The highest BCUT2D eigenvalue weighted by atomic mass is 16.3. The number of nitrogens with two attached hydrogens (primary N) is 4. The zero-order valence-corrected chi connectivity index (χ0v) is 47.0. The second-order valence-electron chi connectivity index (χ2n) is 20.2. The Labute approximate surface area is 477 Å². The van der Waals surface area contributed by atoms with Gasteiger partial charge in [-0.2, -0.15) is 0 Å². The normalized spacial score (nSPS) is 23.3. The Morgan fingerprint density at radius 1 is 0.646 bits per heavy atom. The number of benzene rings is 1. The van der Waals surface area contributed by atoms with E-state index in [0.29, 0.717) is 12.0 Å². The van der Waals surface area contributed by atoms with Crippen molar-refractivity contribution in [2.45, 2.75) is 170 Å². The van der Waals surface area contributed by atoms with E-state index in [9.17, 15) is 73.2 Å². The average Bonchev–Trinajstić information content (AvgIpc) is 3.50. The van der Waals surface area contributed by atoms with Crippen LogP contribution < -0.4 is 81.4 Å². The molecule has 1 saturated heterocycles. The molecule has 1 aromatic carbocycles. The van der Waals surface area contributed by atoms with Gasteiger partial charge < -0.3 is 107 Å². The molecule has 0 spiro atoms. The van der Waals surface area contributed by atoms with Crippen LogP contribution in [0.5, 0.6) is 0 Å². The van der Waals surface area contributed by atoms with Crippen molar-refractivity contribution in [3.63, 3.8) is 0 Å². The molecule has 12 atom stereocenters. The Kier molecular flexibility index (Phi) is 33.1. The lowest BCUT2D eigenvalue weighted by molar-refractivity contribution is -0.137. The van der Waals surface area contributed by atoms with Crippen LogP contribution in [0, 0.1) is 0 Å². The van der Waals surface area contributed by atoms with Crippen LogP contribution in [0.2, 0.25) is 0 Å². The summed E-state index contributed by atoms with van der Waals surface area (Å²) in [5.74, 6) is -9.53. The smallest absolute Gasteiger partial charge is 0.245 e. The van der Waals surface area contributed by atoms with Crippen molar-refractivity contribution >= 4 is 65.4 Å². The number of hydrogen-bond donors (Lipinski definition) is 19. The lowest BCUT2D eigenvalue weighted by Crippen LogP contribution is -2.65. The van der Waals surface area contributed by atoms with E-state index in [4.69, 9.17) is 22.9 Å². The van der Waals surface area contributed by atoms with E-state index >= 15 is 0 Å². The van der Waals surface area contributed by atoms with E-state index in [1.165, 1.54) is 13.8 Å². The minimum absolute atomic E-state index is 0.0443. The molecule has 10 amide bonds. The first kappa shape index (κ1) is 71.3. The fourth-order valence-corrected chi connectivity index (χ4v) is 8.48. The molecule has 0 bridgehead atoms. The Balaban J connectivity index is 2.64. The summed E-state index contributed by atoms with van der Waals surface area (Å²) in [5.41, 5.74) is 21.4. The lowest BCUT2D eigenvalue weighted by atomic mass is 10.0. The van der Waals surface area contributed by atoms with Crippen LogP contribution in [0.4, 0.5) is 0 Å². The number of carbonyl (C=O) groups excluding carboxylic acids is 11. The van der Waals surface area contributed by atoms with Gasteiger partial charge in [0.25, 0.3) is 0 Å². The van der Waals surface area contributed by atoms with Gasteiger partial charge in [-0.05, 0) is 84.1 Å². The highest BCUT2D eigenvalue weighted by Gasteiger charge is 2.39. The molecule has 1 aliphatic heterocycles. The standard InChI is InChI=1S/C52H89N15O15/c1-4-5-6-7-11-14-40(73)59-34(15-20-53)44(75)64-39(26-68)49(80)67-52(28-69,29-70)27-58-33-19-24-57-50(81)41(30(2)71)65-47(78)37(18-23-56)61-45(76)36(17-22-55)62-51(82)42(31(3)72)66-48(79)38(25-32-12-9-8-10-13-32)63-46(77)35(16-21-54)60-43(33)74/h8-10,12-13,28,30-31,33-39,41-42,58,68,70-72H,4-7,11,14-27,29,53-56H2,1-3H3,(H,57,81)(H,59,73)(H,60,74)(H,61,76)(H,62,82)(H,63,77)(H,64,75)(H,65,78)(H,66,79)(H,67,80)/t30-,31-,33+,34+,35+,36+,37+,38-,39+,41+,42+,52-/m1/s1. The van der Waals surface area contributed by atoms with Crippen molar-refractivity contribution in [1.29, 1.82) is 0 Å². The molecule has 2 rings (SSSR count). The van der Waals surface area contributed by atoms with E-state index in [1.54, 1.807) is 30.3 Å². The van der Waals surface area contributed by atoms with Crippen molar-refractivity contribution in [3.05, 3.63) is 35.9 Å². The summed E-state index contributed by atoms with van der Waals surface area (Å²) < 4.78 is 0. The number of amides is 10. The molecule has 1 aliphatic rings. The summed E-state index contributed by atoms with van der Waals surface area (Å²) in [4.78, 5) is 151. The molecule has 1 fully saturated rings. The first-order chi connectivity index (χ1) is 39.1. The number of carbonyl (C=O) groups is 11. The Hall–Kier alpha value is -6.77. The average molecular weight is 1160 g/mol. The number of aliphatic hydroxyl groups is 4. The molecule has 0 aromatic heterocycles. The van der Waals surface area contributed by atoms with Gasteiger partial charge in [0.1, 0.15) is 60.2 Å². The van der Waals surface area contributed by atoms with Gasteiger partial charge in [-0.15, -0.1) is 0 Å². The Morgan fingerprint density at radius 2 is 1.16 bits per heavy atom. The molecule has 82 heavy (non-hydrogen) atoms. The zero-order valence-electron chi connectivity index (χ0n) is 47.0. The van der Waals surface area contributed by atoms with Crippen molar-refractivity contribution in [1.82, 2.24) is 58.5 Å². The Morgan fingerprint density at radius 3 is 1.67 bits per heavy atom. The molecule has 1 heterocycles. The molecule has 30 nitrogen and oxygen atoms in total. The first-order valence-electron chi connectivity index (χ1n) is 27.7. The predicted molar refractivity (Wildman–Crippen MR) is 298 cm³/mol. The Bertz CT molecular complexity index is 2230. The van der Waals surface area contributed by atoms with Crippen LogP contribution in [0.25, 0.3) is 0 Å². The first-order valence-corrected chi connectivity index (χ1v) is 27.7. The van der Waals surface area contributed by atoms with Gasteiger partial charge in [-0.1, -0.05) is 62.9 Å². The van der Waals surface area contributed by atoms with Crippen molar-refractivity contribution in [2.75, 3.05) is 52.5 Å². The van der Waals surface area contributed by atoms with E-state index in [0.717, 1.165) is 25.7 Å². The highest BCUT2D eigenvalue weighted by Crippen LogP contribution is 2.11. The largest absolute Gasteiger partial charge is 0.394 e. The maximum absolute atomic E-state index is 14.4. The van der Waals surface area contributed by atoms with E-state index in [1.807, 2.05) is 6.92 Å². The van der Waals surface area contributed by atoms with Crippen molar-refractivity contribution < 1.29 is 73.2 Å². The van der Waals surface area contributed by atoms with Crippen molar-refractivity contribution in [3.8, 4) is 0 Å². The second kappa shape index (κ2) is 38.1. The zero-order chi connectivity index (χ0) is 61.4. The van der Waals surface area contributed by atoms with E-state index < -0.39 is 164 Å². The molecule has 1 aromatic rings. The van der Waals surface area contributed by atoms with Crippen molar-refractivity contribution in [2.24, 2.45) is 22.9 Å². The molecule has 0 aliphatic carbocycles. The fraction of sp³-hybridized carbons (Fsp3) is 0.673. The summed E-state index contributed by atoms with van der Waals surface area (Å²) in [7, 11) is 0. The SMILES string of the molecule is CCCCCCCC(=O)N[C@@H](CCN)C(=O)N[C@@H](CO)C(=O)N[C@](C=O)(CO)CN[C@H]1CCNC(=O)[C@H]([C@@H](C)O)NC(=O)[C@H](CCN)NC(=O)[C@H](CCN)NC(=O)[C@H]([C@@H](C)O)NC(=O)[C@@H](Cc2ccccc2)NC(=O)[C@H](CCN)NC1=O. The third-order valence-corrected chi connectivity index (χ3v) is 13.3. The molecule has 0 radical (unpaired) electrons. The summed E-state index contributed by atoms with van der Waals surface area (Å²) in [6, 6.07) is -5.72. The minimum Gasteiger partial charge on any atom is -0.394 e. The maximum atomic E-state index is 14.4. The summed E-state index contributed by atoms with van der Waals surface area (Å²) in [5, 5.41) is 69.6. The van der Waals surface area contributed by atoms with Gasteiger partial charge in [0.15, 0.2) is 0 Å². The quantitative estimate of drug-likeness (QED) is 0.0262. The van der Waals surface area contributed by atoms with Gasteiger partial charge in [0, 0.05) is 25.9 Å². The number of aliphatic hydroxyl groups excluding tert-OH is 4. The predicted octanol–water partition coefficient (Wildman–Crippen LogP) is -7.86. The molecule has 0 saturated carbocycles. The van der Waals surface area contributed by atoms with Gasteiger partial charge in [0.2, 0.25) is 59.1 Å². The summed E-state index contributed by atoms with van der Waals surface area (Å²) in [6.07, 6.45) is -0.0489. The van der Waals surface area contributed by atoms with Gasteiger partial charge in [0.05, 0.1) is 31.5 Å². The van der Waals surface area contributed by atoms with Crippen LogP contribution in [-0.2, 0) is 59.2 Å². The second-order valence-corrected chi connectivity index (χ2v) is 20.2. The van der Waals surface area contributed by atoms with Crippen LogP contribution in [-0.4, -0.2) is 210 Å². The van der Waals surface area contributed by atoms with Crippen LogP contribution >= 0.6 is 0 Å². The number of nitrogens with one attached hydrogen (secondary N) is 11. The topological polar surface area (TPSA) is 505 Å². The molecule has 23 N–H and O–H groups in total. The number of unbranched alkanes of at least 4 members (excludes halogenated alkanes) is 4. The number of aldehydes is 1. The number of hydrogen-bond acceptors (Lipinski definition) is 20. The highest BCUT2D eigenvalue weighted by molar-refractivity contribution is 5.98. The fourth-order valence-electron chi connectivity index (χ4n) is 8.48. The summed E-state index contributed by atoms with van der Waals surface area (Å²) >= 11 is 0. The third-order valence-electron chi connectivity index (χ3n) is 13.3. The van der Waals surface area contributed by atoms with Crippen LogP contribution in [0.1, 0.15) is 97.0 Å². The van der Waals surface area contributed by atoms with Gasteiger partial charge >= 0.3 is 0 Å². The van der Waals surface area contributed by atoms with Gasteiger partial charge in [-0.25, -0.2) is 0 Å².